The van der Waals surface area contributed by atoms with Gasteiger partial charge < -0.3 is 10.2 Å². The molecule has 3 heterocycles. The molecule has 1 unspecified atom stereocenters. The zero-order valence-electron chi connectivity index (χ0n) is 22.2. The standard InChI is InChI=1S/C29H37F3N4O3/c30-29(31,32)19-11-15-35(16-19)20-9-13-28(14-10-20,12-8-18-4-5-18)34-23-3-1-2-21-22(23)17-36(27(21)39)24-6-7-25(37)33-26(24)38/h1-3,18-20,24,34H,4-17H2,(H,33,37,38)/t19-,20?,24?,28?/m0/s1. The number of anilines is 1. The molecule has 7 nitrogen and oxygen atoms in total. The fraction of sp³-hybridized carbons (Fsp3) is 0.690. The number of nitrogens with zero attached hydrogens (tertiary/aromatic N) is 2. The number of rotatable bonds is 7. The number of carbonyl (C=O) groups is 3. The fourth-order valence-corrected chi connectivity index (χ4v) is 7.22. The molecule has 2 saturated carbocycles. The number of alkyl halides is 3. The van der Waals surface area contributed by atoms with Crippen molar-refractivity contribution in [1.29, 1.82) is 0 Å². The summed E-state index contributed by atoms with van der Waals surface area (Å²) in [5, 5.41) is 6.21. The van der Waals surface area contributed by atoms with E-state index in [0.717, 1.165) is 55.7 Å². The van der Waals surface area contributed by atoms with Crippen LogP contribution in [0.4, 0.5) is 18.9 Å². The molecule has 212 valence electrons. The number of benzene rings is 1. The zero-order chi connectivity index (χ0) is 27.4. The predicted octanol–water partition coefficient (Wildman–Crippen LogP) is 4.62. The molecule has 3 amide bonds. The number of carbonyl (C=O) groups excluding carboxylic acids is 3. The molecular weight excluding hydrogens is 509 g/mol. The third kappa shape index (κ3) is 5.41. The van der Waals surface area contributed by atoms with E-state index in [2.05, 4.69) is 15.5 Å². The lowest BCUT2D eigenvalue weighted by molar-refractivity contribution is -0.171. The summed E-state index contributed by atoms with van der Waals surface area (Å²) in [7, 11) is 0. The van der Waals surface area contributed by atoms with E-state index in [-0.39, 0.29) is 42.8 Å². The van der Waals surface area contributed by atoms with Crippen molar-refractivity contribution in [2.45, 2.75) is 101 Å². The molecule has 2 aliphatic carbocycles. The second-order valence-electron chi connectivity index (χ2n) is 12.4. The number of fused-ring (bicyclic) bond motifs is 1. The number of piperidine rings is 1. The van der Waals surface area contributed by atoms with Crippen molar-refractivity contribution in [3.05, 3.63) is 29.3 Å². The van der Waals surface area contributed by atoms with E-state index in [1.165, 1.54) is 12.8 Å². The summed E-state index contributed by atoms with van der Waals surface area (Å²) in [6.07, 6.45) is 4.76. The number of amides is 3. The summed E-state index contributed by atoms with van der Waals surface area (Å²) in [5.74, 6) is -1.37. The summed E-state index contributed by atoms with van der Waals surface area (Å²) in [6, 6.07) is 5.19. The Morgan fingerprint density at radius 1 is 1.03 bits per heavy atom. The van der Waals surface area contributed by atoms with Crippen LogP contribution in [-0.2, 0) is 16.1 Å². The van der Waals surface area contributed by atoms with Gasteiger partial charge in [-0.25, -0.2) is 0 Å². The number of hydrogen-bond acceptors (Lipinski definition) is 5. The van der Waals surface area contributed by atoms with E-state index < -0.39 is 24.0 Å². The number of imide groups is 1. The lowest BCUT2D eigenvalue weighted by Gasteiger charge is -2.44. The SMILES string of the molecule is O=C1CCC(N2Cc3c(NC4(CCC5CC5)CCC(N5CC[C@H](C(F)(F)F)C5)CC4)cccc3C2=O)C(=O)N1. The van der Waals surface area contributed by atoms with Gasteiger partial charge in [-0.05, 0) is 76.0 Å². The number of halogens is 3. The van der Waals surface area contributed by atoms with Crippen LogP contribution in [0.2, 0.25) is 0 Å². The lowest BCUT2D eigenvalue weighted by Crippen LogP contribution is -2.52. The third-order valence-electron chi connectivity index (χ3n) is 9.82. The summed E-state index contributed by atoms with van der Waals surface area (Å²) < 4.78 is 39.8. The molecule has 5 aliphatic rings. The molecule has 1 aromatic rings. The zero-order valence-corrected chi connectivity index (χ0v) is 22.2. The summed E-state index contributed by atoms with van der Waals surface area (Å²) in [6.45, 7) is 0.945. The topological polar surface area (TPSA) is 81.8 Å². The molecule has 3 aliphatic heterocycles. The summed E-state index contributed by atoms with van der Waals surface area (Å²) >= 11 is 0. The lowest BCUT2D eigenvalue weighted by atomic mass is 9.75. The van der Waals surface area contributed by atoms with Crippen LogP contribution >= 0.6 is 0 Å². The van der Waals surface area contributed by atoms with E-state index >= 15 is 0 Å². The van der Waals surface area contributed by atoms with E-state index in [0.29, 0.717) is 25.1 Å². The van der Waals surface area contributed by atoms with Gasteiger partial charge in [0.05, 0.1) is 5.92 Å². The van der Waals surface area contributed by atoms with Gasteiger partial charge >= 0.3 is 6.18 Å². The minimum absolute atomic E-state index is 0.112. The van der Waals surface area contributed by atoms with Crippen molar-refractivity contribution >= 4 is 23.4 Å². The van der Waals surface area contributed by atoms with Crippen molar-refractivity contribution in [3.63, 3.8) is 0 Å². The molecule has 6 rings (SSSR count). The molecular formula is C29H37F3N4O3. The Balaban J connectivity index is 1.17. The normalized spacial score (nSPS) is 31.9. The maximum Gasteiger partial charge on any atom is 0.393 e. The Morgan fingerprint density at radius 3 is 2.46 bits per heavy atom. The van der Waals surface area contributed by atoms with E-state index in [4.69, 9.17) is 0 Å². The summed E-state index contributed by atoms with van der Waals surface area (Å²) in [4.78, 5) is 41.1. The molecule has 2 N–H and O–H groups in total. The van der Waals surface area contributed by atoms with Gasteiger partial charge in [0.25, 0.3) is 5.91 Å². The highest BCUT2D eigenvalue weighted by Crippen LogP contribution is 2.44. The average molecular weight is 547 g/mol. The Labute approximate surface area is 226 Å². The minimum Gasteiger partial charge on any atom is -0.379 e. The van der Waals surface area contributed by atoms with Gasteiger partial charge in [0.1, 0.15) is 6.04 Å². The largest absolute Gasteiger partial charge is 0.393 e. The highest BCUT2D eigenvalue weighted by Gasteiger charge is 2.47. The third-order valence-corrected chi connectivity index (χ3v) is 9.82. The highest BCUT2D eigenvalue weighted by atomic mass is 19.4. The molecule has 1 aromatic carbocycles. The Bertz CT molecular complexity index is 1140. The van der Waals surface area contributed by atoms with Crippen molar-refractivity contribution in [3.8, 4) is 0 Å². The Morgan fingerprint density at radius 2 is 1.79 bits per heavy atom. The predicted molar refractivity (Wildman–Crippen MR) is 139 cm³/mol. The van der Waals surface area contributed by atoms with Gasteiger partial charge in [-0.2, -0.15) is 13.2 Å². The van der Waals surface area contributed by atoms with Gasteiger partial charge in [-0.1, -0.05) is 18.9 Å². The molecule has 10 heteroatoms. The monoisotopic (exact) mass is 546 g/mol. The molecule has 2 atom stereocenters. The van der Waals surface area contributed by atoms with Crippen LogP contribution in [-0.4, -0.2) is 64.4 Å². The molecule has 0 spiro atoms. The molecule has 2 saturated heterocycles. The Hall–Kier alpha value is -2.62. The molecule has 4 fully saturated rings. The van der Waals surface area contributed by atoms with Crippen molar-refractivity contribution < 1.29 is 27.6 Å². The van der Waals surface area contributed by atoms with Gasteiger partial charge in [-0.15, -0.1) is 0 Å². The first kappa shape index (κ1) is 26.6. The van der Waals surface area contributed by atoms with Crippen LogP contribution in [0.25, 0.3) is 0 Å². The van der Waals surface area contributed by atoms with Gasteiger partial charge in [0.15, 0.2) is 0 Å². The number of hydrogen-bond donors (Lipinski definition) is 2. The van der Waals surface area contributed by atoms with Crippen molar-refractivity contribution in [1.82, 2.24) is 15.1 Å². The van der Waals surface area contributed by atoms with Crippen LogP contribution in [0.5, 0.6) is 0 Å². The number of likely N-dealkylation sites (tertiary alicyclic amines) is 1. The molecule has 0 radical (unpaired) electrons. The molecule has 39 heavy (non-hydrogen) atoms. The van der Waals surface area contributed by atoms with E-state index in [1.807, 2.05) is 12.1 Å². The first-order chi connectivity index (χ1) is 18.6. The Kier molecular flexibility index (Phi) is 6.88. The minimum atomic E-state index is -4.12. The molecule has 0 aromatic heterocycles. The first-order valence-corrected chi connectivity index (χ1v) is 14.5. The van der Waals surface area contributed by atoms with Gasteiger partial charge in [-0.3, -0.25) is 24.6 Å². The smallest absolute Gasteiger partial charge is 0.379 e. The van der Waals surface area contributed by atoms with Gasteiger partial charge in [0.2, 0.25) is 11.8 Å². The highest BCUT2D eigenvalue weighted by molar-refractivity contribution is 6.06. The van der Waals surface area contributed by atoms with Crippen LogP contribution in [0.15, 0.2) is 18.2 Å². The fourth-order valence-electron chi connectivity index (χ4n) is 7.22. The van der Waals surface area contributed by atoms with Crippen LogP contribution in [0.3, 0.4) is 0 Å². The quantitative estimate of drug-likeness (QED) is 0.488. The van der Waals surface area contributed by atoms with E-state index in [9.17, 15) is 27.6 Å². The van der Waals surface area contributed by atoms with Crippen molar-refractivity contribution in [2.24, 2.45) is 11.8 Å². The van der Waals surface area contributed by atoms with Crippen molar-refractivity contribution in [2.75, 3.05) is 18.4 Å². The molecule has 0 bridgehead atoms. The van der Waals surface area contributed by atoms with Gasteiger partial charge in [0, 0.05) is 47.9 Å². The number of nitrogens with one attached hydrogen (secondary N) is 2. The summed E-state index contributed by atoms with van der Waals surface area (Å²) in [5.41, 5.74) is 2.21. The average Bonchev–Trinajstić information content (AvgIpc) is 3.48. The van der Waals surface area contributed by atoms with Crippen LogP contribution in [0, 0.1) is 11.8 Å². The van der Waals surface area contributed by atoms with Crippen LogP contribution < -0.4 is 10.6 Å². The second-order valence-corrected chi connectivity index (χ2v) is 12.4. The second kappa shape index (κ2) is 10.1. The van der Waals surface area contributed by atoms with Crippen LogP contribution in [0.1, 0.15) is 86.6 Å². The first-order valence-electron chi connectivity index (χ1n) is 14.5. The van der Waals surface area contributed by atoms with E-state index in [1.54, 1.807) is 11.0 Å². The maximum absolute atomic E-state index is 13.3. The maximum atomic E-state index is 13.3.